The zero-order valence-corrected chi connectivity index (χ0v) is 11.4. The molecular formula is C13H22N2O4. The van der Waals surface area contributed by atoms with Crippen LogP contribution in [0.25, 0.3) is 0 Å². The van der Waals surface area contributed by atoms with E-state index in [4.69, 9.17) is 4.74 Å². The third-order valence-electron chi connectivity index (χ3n) is 3.98. The van der Waals surface area contributed by atoms with Gasteiger partial charge in [0.05, 0.1) is 19.3 Å². The Bertz CT molecular complexity index is 342. The Morgan fingerprint density at radius 2 is 1.89 bits per heavy atom. The Balaban J connectivity index is 2.01. The van der Waals surface area contributed by atoms with E-state index in [1.165, 1.54) is 6.42 Å². The summed E-state index contributed by atoms with van der Waals surface area (Å²) in [6.07, 6.45) is 3.27. The van der Waals surface area contributed by atoms with Gasteiger partial charge in [0.15, 0.2) is 0 Å². The second-order valence-electron chi connectivity index (χ2n) is 5.23. The number of hydrogen-bond acceptors (Lipinski definition) is 4. The van der Waals surface area contributed by atoms with Crippen LogP contribution in [0.1, 0.15) is 26.2 Å². The summed E-state index contributed by atoms with van der Waals surface area (Å²) < 4.78 is 5.20. The molecule has 0 spiro atoms. The third-order valence-corrected chi connectivity index (χ3v) is 3.98. The molecule has 2 atom stereocenters. The van der Waals surface area contributed by atoms with Gasteiger partial charge in [0.1, 0.15) is 6.04 Å². The number of nitrogens with zero attached hydrogens (tertiary/aromatic N) is 2. The van der Waals surface area contributed by atoms with E-state index in [1.807, 2.05) is 4.90 Å². The molecule has 108 valence electrons. The van der Waals surface area contributed by atoms with Gasteiger partial charge in [-0.3, -0.25) is 14.5 Å². The van der Waals surface area contributed by atoms with Crippen LogP contribution in [0.5, 0.6) is 0 Å². The standard InChI is InChI=1S/C13H22N2O4/c1-10(12(16)14-5-3-2-4-6-14)15-7-8-19-9-11(15)13(17)18/h10-11H,2-9H2,1H3,(H,17,18). The van der Waals surface area contributed by atoms with Crippen molar-refractivity contribution in [2.45, 2.75) is 38.3 Å². The van der Waals surface area contributed by atoms with Crippen molar-refractivity contribution < 1.29 is 19.4 Å². The van der Waals surface area contributed by atoms with Crippen molar-refractivity contribution in [2.75, 3.05) is 32.8 Å². The predicted molar refractivity (Wildman–Crippen MR) is 68.8 cm³/mol. The van der Waals surface area contributed by atoms with Crippen LogP contribution >= 0.6 is 0 Å². The van der Waals surface area contributed by atoms with Gasteiger partial charge in [-0.25, -0.2) is 0 Å². The van der Waals surface area contributed by atoms with Gasteiger partial charge < -0.3 is 14.7 Å². The SMILES string of the molecule is CC(C(=O)N1CCCCC1)N1CCOCC1C(=O)O. The summed E-state index contributed by atoms with van der Waals surface area (Å²) in [5, 5.41) is 9.20. The van der Waals surface area contributed by atoms with Gasteiger partial charge in [-0.1, -0.05) is 0 Å². The number of carboxylic acids is 1. The van der Waals surface area contributed by atoms with E-state index in [0.717, 1.165) is 25.9 Å². The minimum Gasteiger partial charge on any atom is -0.480 e. The average Bonchev–Trinajstić information content (AvgIpc) is 2.46. The number of carbonyl (C=O) groups is 2. The van der Waals surface area contributed by atoms with E-state index in [-0.39, 0.29) is 18.6 Å². The molecule has 0 aromatic rings. The molecule has 1 amide bonds. The summed E-state index contributed by atoms with van der Waals surface area (Å²) in [5.41, 5.74) is 0. The van der Waals surface area contributed by atoms with E-state index in [9.17, 15) is 14.7 Å². The third kappa shape index (κ3) is 3.25. The van der Waals surface area contributed by atoms with E-state index in [1.54, 1.807) is 11.8 Å². The van der Waals surface area contributed by atoms with Gasteiger partial charge in [-0.15, -0.1) is 0 Å². The number of morpholine rings is 1. The van der Waals surface area contributed by atoms with Crippen molar-refractivity contribution in [2.24, 2.45) is 0 Å². The maximum atomic E-state index is 12.4. The lowest BCUT2D eigenvalue weighted by Gasteiger charge is -2.39. The van der Waals surface area contributed by atoms with Crippen molar-refractivity contribution in [3.8, 4) is 0 Å². The molecule has 2 fully saturated rings. The van der Waals surface area contributed by atoms with E-state index >= 15 is 0 Å². The highest BCUT2D eigenvalue weighted by Gasteiger charge is 2.36. The second kappa shape index (κ2) is 6.34. The molecule has 6 nitrogen and oxygen atoms in total. The zero-order valence-electron chi connectivity index (χ0n) is 11.4. The second-order valence-corrected chi connectivity index (χ2v) is 5.23. The van der Waals surface area contributed by atoms with Gasteiger partial charge in [0.25, 0.3) is 0 Å². The number of hydrogen-bond donors (Lipinski definition) is 1. The smallest absolute Gasteiger partial charge is 0.323 e. The molecule has 0 aliphatic carbocycles. The lowest BCUT2D eigenvalue weighted by Crippen LogP contribution is -2.58. The molecule has 0 aromatic heterocycles. The fourth-order valence-electron chi connectivity index (χ4n) is 2.81. The molecule has 2 saturated heterocycles. The maximum Gasteiger partial charge on any atom is 0.323 e. The number of piperidine rings is 1. The molecule has 2 unspecified atom stereocenters. The van der Waals surface area contributed by atoms with Crippen molar-refractivity contribution in [3.63, 3.8) is 0 Å². The molecule has 6 heteroatoms. The largest absolute Gasteiger partial charge is 0.480 e. The monoisotopic (exact) mass is 270 g/mol. The quantitative estimate of drug-likeness (QED) is 0.792. The highest BCUT2D eigenvalue weighted by molar-refractivity contribution is 5.83. The number of carbonyl (C=O) groups excluding carboxylic acids is 1. The van der Waals surface area contributed by atoms with Gasteiger partial charge in [-0.2, -0.15) is 0 Å². The normalized spacial score (nSPS) is 27.0. The van der Waals surface area contributed by atoms with E-state index < -0.39 is 12.0 Å². The molecule has 0 radical (unpaired) electrons. The molecule has 0 saturated carbocycles. The maximum absolute atomic E-state index is 12.4. The Morgan fingerprint density at radius 1 is 1.21 bits per heavy atom. The first-order valence-electron chi connectivity index (χ1n) is 6.96. The Hall–Kier alpha value is -1.14. The van der Waals surface area contributed by atoms with Crippen LogP contribution in [-0.2, 0) is 14.3 Å². The molecule has 0 bridgehead atoms. The molecule has 2 rings (SSSR count). The van der Waals surface area contributed by atoms with Crippen LogP contribution in [0.2, 0.25) is 0 Å². The summed E-state index contributed by atoms with van der Waals surface area (Å²) in [5.74, 6) is -0.870. The minimum absolute atomic E-state index is 0.0489. The molecule has 1 N–H and O–H groups in total. The number of aliphatic carboxylic acids is 1. The highest BCUT2D eigenvalue weighted by atomic mass is 16.5. The predicted octanol–water partition coefficient (Wildman–Crippen LogP) is 0.173. The van der Waals surface area contributed by atoms with Crippen molar-refractivity contribution >= 4 is 11.9 Å². The molecule has 0 aromatic carbocycles. The topological polar surface area (TPSA) is 70.1 Å². The highest BCUT2D eigenvalue weighted by Crippen LogP contribution is 2.16. The van der Waals surface area contributed by atoms with Crippen LogP contribution < -0.4 is 0 Å². The molecule has 2 heterocycles. The number of likely N-dealkylation sites (tertiary alicyclic amines) is 1. The molecule has 2 aliphatic rings. The van der Waals surface area contributed by atoms with Gasteiger partial charge in [0, 0.05) is 19.6 Å². The molecular weight excluding hydrogens is 248 g/mol. The first-order chi connectivity index (χ1) is 9.11. The van der Waals surface area contributed by atoms with E-state index in [2.05, 4.69) is 0 Å². The Morgan fingerprint density at radius 3 is 2.53 bits per heavy atom. The van der Waals surface area contributed by atoms with Gasteiger partial charge in [-0.05, 0) is 26.2 Å². The summed E-state index contributed by atoms with van der Waals surface area (Å²) in [6, 6.07) is -1.10. The van der Waals surface area contributed by atoms with Crippen LogP contribution in [0.4, 0.5) is 0 Å². The van der Waals surface area contributed by atoms with Crippen molar-refractivity contribution in [1.29, 1.82) is 0 Å². The average molecular weight is 270 g/mol. The fraction of sp³-hybridized carbons (Fsp3) is 0.846. The lowest BCUT2D eigenvalue weighted by molar-refractivity contribution is -0.155. The van der Waals surface area contributed by atoms with E-state index in [0.29, 0.717) is 13.2 Å². The van der Waals surface area contributed by atoms with Crippen LogP contribution in [0.15, 0.2) is 0 Å². The minimum atomic E-state index is -0.919. The van der Waals surface area contributed by atoms with Crippen LogP contribution in [-0.4, -0.2) is 71.7 Å². The van der Waals surface area contributed by atoms with Crippen molar-refractivity contribution in [1.82, 2.24) is 9.80 Å². The van der Waals surface area contributed by atoms with Crippen LogP contribution in [0, 0.1) is 0 Å². The Kier molecular flexibility index (Phi) is 4.76. The van der Waals surface area contributed by atoms with Crippen LogP contribution in [0.3, 0.4) is 0 Å². The van der Waals surface area contributed by atoms with Crippen molar-refractivity contribution in [3.05, 3.63) is 0 Å². The first-order valence-corrected chi connectivity index (χ1v) is 6.96. The lowest BCUT2D eigenvalue weighted by atomic mass is 10.1. The number of carboxylic acid groups (broad SMARTS) is 1. The first kappa shape index (κ1) is 14.3. The van der Waals surface area contributed by atoms with Gasteiger partial charge >= 0.3 is 5.97 Å². The fourth-order valence-corrected chi connectivity index (χ4v) is 2.81. The van der Waals surface area contributed by atoms with Gasteiger partial charge in [0.2, 0.25) is 5.91 Å². The molecule has 19 heavy (non-hydrogen) atoms. The summed E-state index contributed by atoms with van der Waals surface area (Å²) in [7, 11) is 0. The zero-order chi connectivity index (χ0) is 13.8. The number of rotatable bonds is 3. The summed E-state index contributed by atoms with van der Waals surface area (Å²) in [4.78, 5) is 27.3. The summed E-state index contributed by atoms with van der Waals surface area (Å²) >= 11 is 0. The number of ether oxygens (including phenoxy) is 1. The number of amides is 1. The Labute approximate surface area is 113 Å². The molecule has 2 aliphatic heterocycles. The summed E-state index contributed by atoms with van der Waals surface area (Å²) in [6.45, 7) is 4.54.